The number of nitrogens with zero attached hydrogens (tertiary/aromatic N) is 11. The maximum atomic E-state index is 12.4. The summed E-state index contributed by atoms with van der Waals surface area (Å²) in [4.78, 5) is 64.4. The molecule has 13 rings (SSSR count). The Bertz CT molecular complexity index is 5610. The second-order valence-electron chi connectivity index (χ2n) is 32.5. The number of amidine groups is 4. The molecule has 0 unspecified atom stereocenters. The Morgan fingerprint density at radius 2 is 0.742 bits per heavy atom. The van der Waals surface area contributed by atoms with Crippen molar-refractivity contribution in [3.63, 3.8) is 0 Å². The van der Waals surface area contributed by atoms with Crippen LogP contribution in [0.3, 0.4) is 0 Å². The van der Waals surface area contributed by atoms with Gasteiger partial charge in [-0.05, 0) is 0 Å². The first kappa shape index (κ1) is 98.0. The van der Waals surface area contributed by atoms with Crippen LogP contribution in [-0.4, -0.2) is 282 Å². The number of ether oxygens (including phenoxy) is 3. The molecule has 1 saturated heterocycles. The van der Waals surface area contributed by atoms with Crippen LogP contribution in [0.1, 0.15) is 112 Å². The molecular weight excluding hydrogens is 1740 g/mol. The number of hydrogen-bond acceptors (Lipinski definition) is 28. The van der Waals surface area contributed by atoms with Gasteiger partial charge in [0.2, 0.25) is 0 Å². The van der Waals surface area contributed by atoms with Gasteiger partial charge in [0, 0.05) is 12.8 Å². The van der Waals surface area contributed by atoms with Crippen molar-refractivity contribution < 1.29 is 213 Å². The maximum Gasteiger partial charge on any atom is 1.00 e. The van der Waals surface area contributed by atoms with E-state index in [0.717, 1.165) is 0 Å². The van der Waals surface area contributed by atoms with E-state index in [-0.39, 0.29) is 247 Å². The molecule has 6 aromatic rings. The second kappa shape index (κ2) is 38.0. The molecule has 0 radical (unpaired) electrons. The van der Waals surface area contributed by atoms with E-state index in [0.29, 0.717) is 140 Å². The number of benzene rings is 4. The van der Waals surface area contributed by atoms with E-state index >= 15 is 0 Å². The minimum atomic E-state index is -7.51. The van der Waals surface area contributed by atoms with Gasteiger partial charge in [0.25, 0.3) is 11.8 Å². The Balaban J connectivity index is 0.00000504. The van der Waals surface area contributed by atoms with Crippen molar-refractivity contribution in [3.8, 4) is 0 Å². The van der Waals surface area contributed by atoms with Crippen LogP contribution < -0.4 is 99.6 Å². The molecule has 2 amide bonds. The fourth-order valence-corrected chi connectivity index (χ4v) is 43.5. The molecule has 46 heteroatoms. The van der Waals surface area contributed by atoms with E-state index in [2.05, 4.69) is 43.1 Å². The predicted octanol–water partition coefficient (Wildman–Crippen LogP) is -4.52. The largest absolute Gasteiger partial charge is 1.00 e. The van der Waals surface area contributed by atoms with Gasteiger partial charge in [-0.2, -0.15) is 0 Å². The van der Waals surface area contributed by atoms with Gasteiger partial charge in [-0.15, -0.1) is 5.06 Å². The van der Waals surface area contributed by atoms with Gasteiger partial charge in [-0.1, -0.05) is 0 Å². The zero-order valence-corrected chi connectivity index (χ0v) is 81.8. The quantitative estimate of drug-likeness (QED) is 0.0114. The second-order valence-corrected chi connectivity index (χ2v) is 54.4. The van der Waals surface area contributed by atoms with Gasteiger partial charge in [0.15, 0.2) is 0 Å². The third-order valence-corrected chi connectivity index (χ3v) is 43.8. The molecular formula is C74H98N11Na3O24S5Si3. The first-order valence-corrected chi connectivity index (χ1v) is 56.2. The fraction of sp³-hybridized carbons (Fsp3) is 0.527. The number of hydrogen-bond donors (Lipinski definition) is 0. The normalized spacial score (nSPS) is 17.3. The van der Waals surface area contributed by atoms with Crippen molar-refractivity contribution in [1.82, 2.24) is 13.5 Å². The molecule has 2 aromatic heterocycles. The predicted molar refractivity (Wildman–Crippen MR) is 431 cm³/mol. The Morgan fingerprint density at radius 3 is 1.13 bits per heavy atom. The summed E-state index contributed by atoms with van der Waals surface area (Å²) in [7, 11) is -38.6. The Labute approximate surface area is 766 Å². The number of quaternary nitrogens is 2. The van der Waals surface area contributed by atoms with Gasteiger partial charge in [-0.25, -0.2) is 4.79 Å². The number of aliphatic imine (C=N–C) groups is 2. The maximum absolute atomic E-state index is 12.4. The van der Waals surface area contributed by atoms with Crippen LogP contribution in [-0.2, 0) is 92.3 Å². The summed E-state index contributed by atoms with van der Waals surface area (Å²) < 4.78 is 229. The zero-order valence-electron chi connectivity index (χ0n) is 68.7. The molecule has 7 aliphatic heterocycles. The van der Waals surface area contributed by atoms with Crippen LogP contribution in [0.4, 0.5) is 11.6 Å². The molecule has 0 atom stereocenters. The van der Waals surface area contributed by atoms with Crippen LogP contribution in [0.25, 0.3) is 21.5 Å². The van der Waals surface area contributed by atoms with Crippen LogP contribution in [0.5, 0.6) is 0 Å². The SMILES string of the molecule is C[Si](C)(CCC[N+](CCCCS(=O)(=O)[O-])(CCCCS(=O)(=O)[O-])CCCS(=O)(=O)[O-])O[Si-2]123(O[Si](C)(C)CCC[N+](CCCCS(=O)(=O)[O-])(CCCCS(=O)(=O)[O-])CCOCCOCCOCCC(=O)ON4C(=O)CCC4=O)n4c5c6ccccc6c4N=C4c6ccccc6C(=[N+]41)N=c1c4ccccc4c(n12)=NC1=[N+]3C(=N5)c2ccccc21.[Na+].[Na+].[Na+]. The number of hydroxylamine groups is 2. The van der Waals surface area contributed by atoms with Gasteiger partial charge in [0.05, 0.1) is 26.2 Å². The molecule has 120 heavy (non-hydrogen) atoms. The number of carbonyl (C=O) groups is 3. The van der Waals surface area contributed by atoms with Crippen molar-refractivity contribution in [3.05, 3.63) is 130 Å². The number of rotatable bonds is 49. The van der Waals surface area contributed by atoms with Crippen molar-refractivity contribution >= 4 is 149 Å². The third kappa shape index (κ3) is 20.2. The van der Waals surface area contributed by atoms with E-state index in [1.165, 1.54) is 0 Å². The van der Waals surface area contributed by atoms with E-state index in [1.807, 2.05) is 97.1 Å². The number of imide groups is 1. The summed E-state index contributed by atoms with van der Waals surface area (Å²) in [6.07, 6.45) is 0.966. The number of carbonyl (C=O) groups excluding carboxylic acids is 3. The molecule has 35 nitrogen and oxygen atoms in total. The molecule has 0 saturated carbocycles. The minimum absolute atomic E-state index is 0. The molecule has 638 valence electrons. The van der Waals surface area contributed by atoms with E-state index < -0.39 is 122 Å². The van der Waals surface area contributed by atoms with Gasteiger partial charge >= 0.3 is 695 Å². The number of fused-ring (bicyclic) bond motifs is 12. The van der Waals surface area contributed by atoms with Crippen LogP contribution in [0, 0.1) is 0 Å². The molecule has 1 spiro atoms. The molecule has 0 bridgehead atoms. The van der Waals surface area contributed by atoms with Crippen molar-refractivity contribution in [2.45, 2.75) is 128 Å². The zero-order chi connectivity index (χ0) is 83.9. The van der Waals surface area contributed by atoms with Crippen LogP contribution >= 0.6 is 0 Å². The summed E-state index contributed by atoms with van der Waals surface area (Å²) in [5, 5.41) is 3.27. The summed E-state index contributed by atoms with van der Waals surface area (Å²) >= 11 is 0. The topological polar surface area (TPSA) is 461 Å². The van der Waals surface area contributed by atoms with Gasteiger partial charge in [-0.3, -0.25) is 9.59 Å². The average molecular weight is 1840 g/mol. The van der Waals surface area contributed by atoms with Crippen LogP contribution in [0.2, 0.25) is 38.3 Å². The van der Waals surface area contributed by atoms with E-state index in [1.54, 1.807) is 0 Å². The first-order valence-electron chi connectivity index (χ1n) is 39.5. The van der Waals surface area contributed by atoms with Crippen LogP contribution in [0.15, 0.2) is 117 Å². The Hall–Kier alpha value is -4.23. The van der Waals surface area contributed by atoms with Crippen molar-refractivity contribution in [1.29, 1.82) is 0 Å². The average Bonchev–Trinajstić information content (AvgIpc) is 1.32. The smallest absolute Gasteiger partial charge is 1.00 e. The molecule has 1 fully saturated rings. The monoisotopic (exact) mass is 1840 g/mol. The summed E-state index contributed by atoms with van der Waals surface area (Å²) in [6.45, 7) is 10.8. The van der Waals surface area contributed by atoms with Gasteiger partial charge < -0.3 is 9.57 Å². The third-order valence-electron chi connectivity index (χ3n) is 23.2. The number of amides is 2. The standard InChI is InChI=1S/C74H101N11O24S5Si3.3Na/c1-115(2,54-22-40-84(39-21-53-114(101,102)103,35-13-17-49-110(89,90)91)36-14-18-50-111(92,93)94)108-117(109-116(3,4)55-23-41-85(37-15-19-51-112(95,96)97,38-16-20-52-113(98,99)100)42-44-105-46-48-106-47-45-104-43-34-66(88)107-79-64(86)32-33-65(79)87)80-67-56-24-5-6-25-57(56)68(80)76-70-60-28-9-10-29-61(60)72(82(70)117)78-74-63-31-12-11-30-62(63)73(83(74)117)77-71-59-27-8-7-26-58(59)69(75-67)81(71)117;;;/h5-12,24-31H,13-23,32-55H2,1-4H3,(H3-2,89,90,91,92,93,94,95,96,97,98,99,100,101,102,103);;;/q;3*+1/p-3. The van der Waals surface area contributed by atoms with Gasteiger partial charge in [0.1, 0.15) is 0 Å². The molecule has 0 aliphatic carbocycles. The Kier molecular flexibility index (Phi) is 31.0. The molecule has 4 aromatic carbocycles. The molecule has 7 aliphatic rings. The first-order chi connectivity index (χ1) is 55.2. The minimum Gasteiger partial charge on any atom is 1.00 e. The van der Waals surface area contributed by atoms with E-state index in [9.17, 15) is 87.5 Å². The summed E-state index contributed by atoms with van der Waals surface area (Å²) in [5.41, 5.74) is 3.71. The molecule has 9 heterocycles. The molecule has 0 N–H and O–H groups in total. The van der Waals surface area contributed by atoms with Crippen molar-refractivity contribution in [2.75, 3.05) is 121 Å². The summed E-state index contributed by atoms with van der Waals surface area (Å²) in [6, 6.07) is 32.1. The van der Waals surface area contributed by atoms with E-state index in [4.69, 9.17) is 39.0 Å². The summed E-state index contributed by atoms with van der Waals surface area (Å²) in [5.74, 6) is -2.71. The fourth-order valence-electron chi connectivity index (χ4n) is 18.5. The number of unbranched alkanes of at least 4 members (excludes halogenated alkanes) is 4. The Morgan fingerprint density at radius 1 is 0.417 bits per heavy atom. The van der Waals surface area contributed by atoms with Crippen molar-refractivity contribution in [2.24, 2.45) is 20.0 Å². The number of aromatic nitrogens is 2.